The van der Waals surface area contributed by atoms with Gasteiger partial charge < -0.3 is 9.88 Å². The second-order valence-electron chi connectivity index (χ2n) is 5.04. The maximum atomic E-state index is 13.1. The standard InChI is InChI=1S/C16H13ClFN3OS/c1-9-3-6-14(21(9)2)16-20-13(8-23-16)15(22)19-10-4-5-12(18)11(17)7-10/h3-8H,1-2H3,(H,19,22). The largest absolute Gasteiger partial charge is 0.346 e. The van der Waals surface area contributed by atoms with Crippen LogP contribution in [0.4, 0.5) is 10.1 Å². The third-order valence-electron chi connectivity index (χ3n) is 3.51. The SMILES string of the molecule is Cc1ccc(-c2nc(C(=O)Nc3ccc(F)c(Cl)c3)cs2)n1C. The summed E-state index contributed by atoms with van der Waals surface area (Å²) in [5.74, 6) is -0.888. The van der Waals surface area contributed by atoms with Crippen molar-refractivity contribution >= 4 is 34.5 Å². The summed E-state index contributed by atoms with van der Waals surface area (Å²) in [6, 6.07) is 7.99. The number of carbonyl (C=O) groups is 1. The van der Waals surface area contributed by atoms with Crippen molar-refractivity contribution in [3.05, 3.63) is 57.9 Å². The molecule has 3 rings (SSSR count). The number of amides is 1. The molecule has 7 heteroatoms. The highest BCUT2D eigenvalue weighted by Gasteiger charge is 2.14. The van der Waals surface area contributed by atoms with Crippen LogP contribution < -0.4 is 5.32 Å². The first-order valence-corrected chi connectivity index (χ1v) is 8.06. The van der Waals surface area contributed by atoms with Crippen LogP contribution in [0.2, 0.25) is 5.02 Å². The molecule has 0 fully saturated rings. The Morgan fingerprint density at radius 3 is 2.78 bits per heavy atom. The fourth-order valence-electron chi connectivity index (χ4n) is 2.09. The molecule has 1 amide bonds. The molecular formula is C16H13ClFN3OS. The highest BCUT2D eigenvalue weighted by atomic mass is 35.5. The number of nitrogens with one attached hydrogen (secondary N) is 1. The van der Waals surface area contributed by atoms with Gasteiger partial charge in [-0.2, -0.15) is 0 Å². The highest BCUT2D eigenvalue weighted by Crippen LogP contribution is 2.26. The molecule has 0 aliphatic heterocycles. The van der Waals surface area contributed by atoms with Gasteiger partial charge in [0.15, 0.2) is 0 Å². The zero-order valence-electron chi connectivity index (χ0n) is 12.4. The Kier molecular flexibility index (Phi) is 4.19. The van der Waals surface area contributed by atoms with Crippen molar-refractivity contribution < 1.29 is 9.18 Å². The minimum Gasteiger partial charge on any atom is -0.346 e. The average Bonchev–Trinajstić information content (AvgIpc) is 3.11. The molecule has 0 radical (unpaired) electrons. The van der Waals surface area contributed by atoms with E-state index in [1.54, 1.807) is 5.38 Å². The van der Waals surface area contributed by atoms with Crippen LogP contribution in [0.25, 0.3) is 10.7 Å². The fourth-order valence-corrected chi connectivity index (χ4v) is 3.13. The first-order chi connectivity index (χ1) is 11.0. The molecule has 0 saturated heterocycles. The van der Waals surface area contributed by atoms with Crippen LogP contribution >= 0.6 is 22.9 Å². The fraction of sp³-hybridized carbons (Fsp3) is 0.125. The van der Waals surface area contributed by atoms with Crippen molar-refractivity contribution in [3.8, 4) is 10.7 Å². The first-order valence-electron chi connectivity index (χ1n) is 6.80. The van der Waals surface area contributed by atoms with Gasteiger partial charge in [-0.05, 0) is 37.3 Å². The van der Waals surface area contributed by atoms with Crippen molar-refractivity contribution in [1.29, 1.82) is 0 Å². The number of halogens is 2. The van der Waals surface area contributed by atoms with Crippen LogP contribution in [0.5, 0.6) is 0 Å². The lowest BCUT2D eigenvalue weighted by Gasteiger charge is -2.04. The molecule has 1 aromatic carbocycles. The van der Waals surface area contributed by atoms with E-state index in [2.05, 4.69) is 10.3 Å². The Labute approximate surface area is 141 Å². The highest BCUT2D eigenvalue weighted by molar-refractivity contribution is 7.13. The number of anilines is 1. The van der Waals surface area contributed by atoms with Gasteiger partial charge in [-0.25, -0.2) is 9.37 Å². The average molecular weight is 350 g/mol. The molecule has 0 unspecified atom stereocenters. The summed E-state index contributed by atoms with van der Waals surface area (Å²) in [4.78, 5) is 16.6. The van der Waals surface area contributed by atoms with Gasteiger partial charge in [0.2, 0.25) is 0 Å². The molecule has 0 aliphatic carbocycles. The Morgan fingerprint density at radius 2 is 2.13 bits per heavy atom. The second kappa shape index (κ2) is 6.14. The number of carbonyl (C=O) groups excluding carboxylic acids is 1. The van der Waals surface area contributed by atoms with Gasteiger partial charge in [-0.1, -0.05) is 11.6 Å². The van der Waals surface area contributed by atoms with Crippen molar-refractivity contribution in [2.24, 2.45) is 7.05 Å². The molecule has 0 atom stereocenters. The first kappa shape index (κ1) is 15.7. The number of hydrogen-bond acceptors (Lipinski definition) is 3. The molecule has 4 nitrogen and oxygen atoms in total. The van der Waals surface area contributed by atoms with E-state index in [0.717, 1.165) is 16.4 Å². The van der Waals surface area contributed by atoms with Crippen LogP contribution in [0.15, 0.2) is 35.7 Å². The van der Waals surface area contributed by atoms with Crippen LogP contribution in [-0.2, 0) is 7.05 Å². The van der Waals surface area contributed by atoms with Crippen molar-refractivity contribution in [2.75, 3.05) is 5.32 Å². The summed E-state index contributed by atoms with van der Waals surface area (Å²) >= 11 is 7.10. The van der Waals surface area contributed by atoms with E-state index in [1.165, 1.54) is 29.5 Å². The van der Waals surface area contributed by atoms with Gasteiger partial charge in [0.1, 0.15) is 16.5 Å². The maximum Gasteiger partial charge on any atom is 0.275 e. The minimum atomic E-state index is -0.528. The Morgan fingerprint density at radius 1 is 1.35 bits per heavy atom. The zero-order valence-corrected chi connectivity index (χ0v) is 14.0. The molecule has 0 spiro atoms. The van der Waals surface area contributed by atoms with Gasteiger partial charge in [0, 0.05) is 23.8 Å². The van der Waals surface area contributed by atoms with E-state index in [9.17, 15) is 9.18 Å². The molecule has 2 aromatic heterocycles. The molecule has 2 heterocycles. The smallest absolute Gasteiger partial charge is 0.275 e. The van der Waals surface area contributed by atoms with Crippen LogP contribution in [0.1, 0.15) is 16.2 Å². The summed E-state index contributed by atoms with van der Waals surface area (Å²) < 4.78 is 15.1. The lowest BCUT2D eigenvalue weighted by atomic mass is 10.3. The maximum absolute atomic E-state index is 13.1. The molecule has 1 N–H and O–H groups in total. The molecule has 0 aliphatic rings. The number of aryl methyl sites for hydroxylation is 1. The normalized spacial score (nSPS) is 10.8. The number of aromatic nitrogens is 2. The summed E-state index contributed by atoms with van der Waals surface area (Å²) in [6.45, 7) is 2.00. The number of hydrogen-bond donors (Lipinski definition) is 1. The van der Waals surface area contributed by atoms with Crippen LogP contribution in [-0.4, -0.2) is 15.5 Å². The Hall–Kier alpha value is -2.18. The number of benzene rings is 1. The monoisotopic (exact) mass is 349 g/mol. The zero-order chi connectivity index (χ0) is 16.6. The lowest BCUT2D eigenvalue weighted by molar-refractivity contribution is 0.102. The van der Waals surface area contributed by atoms with Crippen molar-refractivity contribution in [3.63, 3.8) is 0 Å². The predicted molar refractivity (Wildman–Crippen MR) is 90.6 cm³/mol. The number of rotatable bonds is 3. The van der Waals surface area contributed by atoms with E-state index in [0.29, 0.717) is 11.4 Å². The van der Waals surface area contributed by atoms with Gasteiger partial charge in [0.25, 0.3) is 5.91 Å². The van der Waals surface area contributed by atoms with E-state index < -0.39 is 5.82 Å². The van der Waals surface area contributed by atoms with Gasteiger partial charge in [-0.3, -0.25) is 4.79 Å². The molecule has 0 saturated carbocycles. The topological polar surface area (TPSA) is 46.9 Å². The molecule has 3 aromatic rings. The quantitative estimate of drug-likeness (QED) is 0.756. The number of thiazole rings is 1. The molecular weight excluding hydrogens is 337 g/mol. The van der Waals surface area contributed by atoms with Crippen molar-refractivity contribution in [2.45, 2.75) is 6.92 Å². The summed E-state index contributed by atoms with van der Waals surface area (Å²) in [7, 11) is 1.95. The third kappa shape index (κ3) is 3.13. The Bertz CT molecular complexity index is 887. The summed E-state index contributed by atoms with van der Waals surface area (Å²) in [6.07, 6.45) is 0. The van der Waals surface area contributed by atoms with Gasteiger partial charge in [-0.15, -0.1) is 11.3 Å². The van der Waals surface area contributed by atoms with E-state index in [-0.39, 0.29) is 10.9 Å². The van der Waals surface area contributed by atoms with E-state index in [1.807, 2.05) is 30.7 Å². The van der Waals surface area contributed by atoms with Gasteiger partial charge >= 0.3 is 0 Å². The van der Waals surface area contributed by atoms with E-state index in [4.69, 9.17) is 11.6 Å². The van der Waals surface area contributed by atoms with Gasteiger partial charge in [0.05, 0.1) is 10.7 Å². The van der Waals surface area contributed by atoms with Crippen LogP contribution in [0, 0.1) is 12.7 Å². The van der Waals surface area contributed by atoms with Crippen LogP contribution in [0.3, 0.4) is 0 Å². The number of nitrogens with zero attached hydrogens (tertiary/aromatic N) is 2. The molecule has 23 heavy (non-hydrogen) atoms. The molecule has 118 valence electrons. The predicted octanol–water partition coefficient (Wildman–Crippen LogP) is 4.50. The summed E-state index contributed by atoms with van der Waals surface area (Å²) in [5, 5.41) is 5.08. The summed E-state index contributed by atoms with van der Waals surface area (Å²) in [5.41, 5.74) is 2.80. The lowest BCUT2D eigenvalue weighted by Crippen LogP contribution is -2.12. The third-order valence-corrected chi connectivity index (χ3v) is 4.66. The molecule has 0 bridgehead atoms. The minimum absolute atomic E-state index is 0.0407. The van der Waals surface area contributed by atoms with E-state index >= 15 is 0 Å². The Balaban J connectivity index is 1.81. The van der Waals surface area contributed by atoms with Crippen molar-refractivity contribution in [1.82, 2.24) is 9.55 Å². The second-order valence-corrected chi connectivity index (χ2v) is 6.31.